The number of rotatable bonds is 4. The molecular formula is C16H18N2O3. The first-order valence-electron chi connectivity index (χ1n) is 6.69. The first-order chi connectivity index (χ1) is 9.93. The van der Waals surface area contributed by atoms with E-state index in [4.69, 9.17) is 5.11 Å². The van der Waals surface area contributed by atoms with Crippen LogP contribution in [0, 0.1) is 0 Å². The molecule has 0 aliphatic carbocycles. The maximum atomic E-state index is 11.9. The number of hydrogen-bond acceptors (Lipinski definition) is 3. The highest BCUT2D eigenvalue weighted by Crippen LogP contribution is 2.22. The van der Waals surface area contributed by atoms with Crippen LogP contribution in [-0.4, -0.2) is 29.7 Å². The lowest BCUT2D eigenvalue weighted by Crippen LogP contribution is -2.18. The molecular weight excluding hydrogens is 268 g/mol. The van der Waals surface area contributed by atoms with Gasteiger partial charge in [0.2, 0.25) is 0 Å². The number of carboxylic acids is 1. The lowest BCUT2D eigenvalue weighted by molar-refractivity contribution is 0.0694. The largest absolute Gasteiger partial charge is 0.477 e. The molecule has 0 amide bonds. The molecule has 0 radical (unpaired) electrons. The molecule has 5 nitrogen and oxygen atoms in total. The predicted octanol–water partition coefficient (Wildman–Crippen LogP) is 2.30. The van der Waals surface area contributed by atoms with E-state index < -0.39 is 11.4 Å². The zero-order valence-corrected chi connectivity index (χ0v) is 12.3. The van der Waals surface area contributed by atoms with Gasteiger partial charge in [-0.15, -0.1) is 0 Å². The van der Waals surface area contributed by atoms with E-state index in [0.29, 0.717) is 6.54 Å². The second-order valence-electron chi connectivity index (χ2n) is 4.97. The molecule has 0 saturated carbocycles. The number of pyridine rings is 1. The number of benzene rings is 1. The molecule has 0 aliphatic rings. The summed E-state index contributed by atoms with van der Waals surface area (Å²) in [5.41, 5.74) is 1.99. The molecule has 1 aromatic heterocycles. The van der Waals surface area contributed by atoms with Gasteiger partial charge in [0, 0.05) is 38.6 Å². The third kappa shape index (κ3) is 2.97. The Morgan fingerprint density at radius 3 is 2.33 bits per heavy atom. The molecule has 1 heterocycles. The van der Waals surface area contributed by atoms with Gasteiger partial charge in [-0.05, 0) is 24.6 Å². The van der Waals surface area contributed by atoms with Gasteiger partial charge in [-0.2, -0.15) is 0 Å². The standard InChI is InChI=1S/C16H18N2O3/c1-4-18-10-13(16(20)21)15(19)9-14(18)11-5-7-12(8-6-11)17(2)3/h5-10H,4H2,1-3H3,(H,20,21). The van der Waals surface area contributed by atoms with E-state index in [2.05, 4.69) is 0 Å². The third-order valence-corrected chi connectivity index (χ3v) is 3.38. The summed E-state index contributed by atoms with van der Waals surface area (Å²) in [6.45, 7) is 2.50. The Balaban J connectivity index is 2.55. The Morgan fingerprint density at radius 2 is 1.86 bits per heavy atom. The van der Waals surface area contributed by atoms with Crippen molar-refractivity contribution in [2.24, 2.45) is 0 Å². The molecule has 0 bridgehead atoms. The van der Waals surface area contributed by atoms with Crippen LogP contribution < -0.4 is 10.3 Å². The smallest absolute Gasteiger partial charge is 0.341 e. The highest BCUT2D eigenvalue weighted by molar-refractivity contribution is 5.87. The van der Waals surface area contributed by atoms with Crippen LogP contribution in [0.1, 0.15) is 17.3 Å². The number of carboxylic acid groups (broad SMARTS) is 1. The van der Waals surface area contributed by atoms with E-state index in [0.717, 1.165) is 16.9 Å². The van der Waals surface area contributed by atoms with Crippen LogP contribution in [0.4, 0.5) is 5.69 Å². The van der Waals surface area contributed by atoms with Crippen LogP contribution in [0.5, 0.6) is 0 Å². The lowest BCUT2D eigenvalue weighted by Gasteiger charge is -2.15. The molecule has 0 atom stereocenters. The summed E-state index contributed by atoms with van der Waals surface area (Å²) in [4.78, 5) is 24.9. The normalized spacial score (nSPS) is 10.4. The predicted molar refractivity (Wildman–Crippen MR) is 83.1 cm³/mol. The molecule has 21 heavy (non-hydrogen) atoms. The zero-order chi connectivity index (χ0) is 15.6. The molecule has 0 fully saturated rings. The Labute approximate surface area is 123 Å². The topological polar surface area (TPSA) is 62.5 Å². The van der Waals surface area contributed by atoms with Crippen LogP contribution in [0.3, 0.4) is 0 Å². The van der Waals surface area contributed by atoms with Crippen LogP contribution in [-0.2, 0) is 6.54 Å². The molecule has 0 unspecified atom stereocenters. The van der Waals surface area contributed by atoms with E-state index in [9.17, 15) is 9.59 Å². The average Bonchev–Trinajstić information content (AvgIpc) is 2.46. The van der Waals surface area contributed by atoms with Gasteiger partial charge in [-0.3, -0.25) is 4.79 Å². The highest BCUT2D eigenvalue weighted by Gasteiger charge is 2.13. The van der Waals surface area contributed by atoms with E-state index in [1.807, 2.05) is 50.2 Å². The summed E-state index contributed by atoms with van der Waals surface area (Å²) in [5.74, 6) is -1.20. The number of anilines is 1. The Kier molecular flexibility index (Phi) is 4.12. The molecule has 1 N–H and O–H groups in total. The number of aryl methyl sites for hydroxylation is 1. The first-order valence-corrected chi connectivity index (χ1v) is 6.69. The Hall–Kier alpha value is -2.56. The second-order valence-corrected chi connectivity index (χ2v) is 4.97. The van der Waals surface area contributed by atoms with Crippen molar-refractivity contribution < 1.29 is 9.90 Å². The van der Waals surface area contributed by atoms with Crippen molar-refractivity contribution in [2.75, 3.05) is 19.0 Å². The number of aromatic nitrogens is 1. The molecule has 2 aromatic rings. The molecule has 2 rings (SSSR count). The van der Waals surface area contributed by atoms with Crippen molar-refractivity contribution in [1.29, 1.82) is 0 Å². The summed E-state index contributed by atoms with van der Waals surface area (Å²) >= 11 is 0. The SMILES string of the molecule is CCn1cc(C(=O)O)c(=O)cc1-c1ccc(N(C)C)cc1. The summed E-state index contributed by atoms with van der Waals surface area (Å²) in [5, 5.41) is 9.03. The number of aromatic carboxylic acids is 1. The van der Waals surface area contributed by atoms with Crippen LogP contribution >= 0.6 is 0 Å². The maximum Gasteiger partial charge on any atom is 0.341 e. The molecule has 1 aromatic carbocycles. The summed E-state index contributed by atoms with van der Waals surface area (Å²) < 4.78 is 1.77. The maximum absolute atomic E-state index is 11.9. The van der Waals surface area contributed by atoms with E-state index in [1.54, 1.807) is 4.57 Å². The first kappa shape index (κ1) is 14.8. The average molecular weight is 286 g/mol. The second kappa shape index (κ2) is 5.83. The van der Waals surface area contributed by atoms with E-state index >= 15 is 0 Å². The summed E-state index contributed by atoms with van der Waals surface area (Å²) in [7, 11) is 3.91. The summed E-state index contributed by atoms with van der Waals surface area (Å²) in [6, 6.07) is 9.17. The highest BCUT2D eigenvalue weighted by atomic mass is 16.4. The fourth-order valence-corrected chi connectivity index (χ4v) is 2.18. The molecule has 0 spiro atoms. The van der Waals surface area contributed by atoms with Gasteiger partial charge in [0.25, 0.3) is 0 Å². The molecule has 0 saturated heterocycles. The van der Waals surface area contributed by atoms with Gasteiger partial charge in [-0.1, -0.05) is 12.1 Å². The van der Waals surface area contributed by atoms with Crippen LogP contribution in [0.2, 0.25) is 0 Å². The fraction of sp³-hybridized carbons (Fsp3) is 0.250. The molecule has 0 aliphatic heterocycles. The monoisotopic (exact) mass is 286 g/mol. The number of nitrogens with zero attached hydrogens (tertiary/aromatic N) is 2. The van der Waals surface area contributed by atoms with E-state index in [1.165, 1.54) is 12.3 Å². The van der Waals surface area contributed by atoms with Gasteiger partial charge in [0.1, 0.15) is 5.56 Å². The zero-order valence-electron chi connectivity index (χ0n) is 12.3. The van der Waals surface area contributed by atoms with Crippen molar-refractivity contribution in [2.45, 2.75) is 13.5 Å². The van der Waals surface area contributed by atoms with Crippen molar-refractivity contribution >= 4 is 11.7 Å². The lowest BCUT2D eigenvalue weighted by atomic mass is 10.1. The number of hydrogen-bond donors (Lipinski definition) is 1. The fourth-order valence-electron chi connectivity index (χ4n) is 2.18. The summed E-state index contributed by atoms with van der Waals surface area (Å²) in [6.07, 6.45) is 1.40. The molecule has 5 heteroatoms. The van der Waals surface area contributed by atoms with Gasteiger partial charge >= 0.3 is 5.97 Å². The minimum Gasteiger partial charge on any atom is -0.477 e. The van der Waals surface area contributed by atoms with Crippen LogP contribution in [0.15, 0.2) is 41.3 Å². The minimum absolute atomic E-state index is 0.203. The minimum atomic E-state index is -1.20. The Morgan fingerprint density at radius 1 is 1.24 bits per heavy atom. The molecule has 110 valence electrons. The Bertz CT molecular complexity index is 715. The number of carbonyl (C=O) groups is 1. The quantitative estimate of drug-likeness (QED) is 0.936. The van der Waals surface area contributed by atoms with Crippen LogP contribution in [0.25, 0.3) is 11.3 Å². The van der Waals surface area contributed by atoms with Crippen molar-refractivity contribution in [3.8, 4) is 11.3 Å². The van der Waals surface area contributed by atoms with Gasteiger partial charge in [0.15, 0.2) is 5.43 Å². The van der Waals surface area contributed by atoms with Gasteiger partial charge in [0.05, 0.1) is 5.69 Å². The van der Waals surface area contributed by atoms with E-state index in [-0.39, 0.29) is 5.56 Å². The van der Waals surface area contributed by atoms with Crippen molar-refractivity contribution in [3.05, 3.63) is 52.3 Å². The van der Waals surface area contributed by atoms with Gasteiger partial charge < -0.3 is 14.6 Å². The van der Waals surface area contributed by atoms with Gasteiger partial charge in [-0.25, -0.2) is 4.79 Å². The third-order valence-electron chi connectivity index (χ3n) is 3.38. The van der Waals surface area contributed by atoms with Crippen molar-refractivity contribution in [3.63, 3.8) is 0 Å². The van der Waals surface area contributed by atoms with Crippen molar-refractivity contribution in [1.82, 2.24) is 4.57 Å².